The van der Waals surface area contributed by atoms with Crippen molar-refractivity contribution < 1.29 is 0 Å². The fourth-order valence-electron chi connectivity index (χ4n) is 5.57. The molecule has 0 spiro atoms. The number of hydrogen-bond donors (Lipinski definition) is 0. The van der Waals surface area contributed by atoms with E-state index in [0.29, 0.717) is 0 Å². The van der Waals surface area contributed by atoms with Gasteiger partial charge in [-0.3, -0.25) is 0 Å². The molecule has 0 N–H and O–H groups in total. The standard InChI is InChI=1S/C24H40Si3/c1-23(2,3)27(24(4,5)6,21-17-13-11-15-19(21)25(7)8)22-18-14-12-16-20(22)26(9)10/h11-18,25-26H,1-10H3. The van der Waals surface area contributed by atoms with Gasteiger partial charge in [-0.15, -0.1) is 0 Å². The van der Waals surface area contributed by atoms with Gasteiger partial charge >= 0.3 is 0 Å². The molecule has 0 aliphatic carbocycles. The van der Waals surface area contributed by atoms with Crippen LogP contribution >= 0.6 is 0 Å². The van der Waals surface area contributed by atoms with Crippen LogP contribution < -0.4 is 20.7 Å². The van der Waals surface area contributed by atoms with Gasteiger partial charge in [0.2, 0.25) is 0 Å². The first-order valence-corrected chi connectivity index (χ1v) is 18.3. The van der Waals surface area contributed by atoms with Crippen molar-refractivity contribution >= 4 is 46.4 Å². The summed E-state index contributed by atoms with van der Waals surface area (Å²) in [6.07, 6.45) is 0. The highest BCUT2D eigenvalue weighted by Crippen LogP contribution is 2.49. The number of rotatable bonds is 4. The van der Waals surface area contributed by atoms with Crippen molar-refractivity contribution in [1.29, 1.82) is 0 Å². The van der Waals surface area contributed by atoms with Crippen molar-refractivity contribution in [2.45, 2.75) is 77.8 Å². The van der Waals surface area contributed by atoms with Crippen LogP contribution in [0.1, 0.15) is 41.5 Å². The third kappa shape index (κ3) is 3.83. The highest BCUT2D eigenvalue weighted by atomic mass is 28.3. The zero-order valence-corrected chi connectivity index (χ0v) is 22.6. The lowest BCUT2D eigenvalue weighted by Gasteiger charge is -2.54. The first kappa shape index (κ1) is 22.4. The molecule has 27 heavy (non-hydrogen) atoms. The molecule has 0 aliphatic heterocycles. The van der Waals surface area contributed by atoms with E-state index in [0.717, 1.165) is 0 Å². The van der Waals surface area contributed by atoms with Crippen molar-refractivity contribution in [2.75, 3.05) is 0 Å². The molecule has 0 radical (unpaired) electrons. The summed E-state index contributed by atoms with van der Waals surface area (Å²) in [6, 6.07) is 19.0. The largest absolute Gasteiger partial charge is 0.128 e. The fourth-order valence-corrected chi connectivity index (χ4v) is 18.5. The molecule has 3 heteroatoms. The van der Waals surface area contributed by atoms with Crippen LogP contribution in [0.5, 0.6) is 0 Å². The second kappa shape index (κ2) is 7.84. The Hall–Kier alpha value is -0.909. The average Bonchev–Trinajstić information content (AvgIpc) is 2.53. The first-order chi connectivity index (χ1) is 12.4. The SMILES string of the molecule is C[SiH](C)c1ccccc1[Si](c1ccccc1[SiH](C)C)(C(C)(C)C)C(C)(C)C. The topological polar surface area (TPSA) is 0 Å². The summed E-state index contributed by atoms with van der Waals surface area (Å²) in [5, 5.41) is 7.29. The van der Waals surface area contributed by atoms with Gasteiger partial charge in [0.15, 0.2) is 0 Å². The molecule has 0 unspecified atom stereocenters. The van der Waals surface area contributed by atoms with E-state index in [4.69, 9.17) is 0 Å². The van der Waals surface area contributed by atoms with Gasteiger partial charge in [-0.25, -0.2) is 0 Å². The average molecular weight is 413 g/mol. The van der Waals surface area contributed by atoms with Gasteiger partial charge in [-0.2, -0.15) is 0 Å². The molecule has 0 saturated carbocycles. The molecule has 0 aliphatic rings. The van der Waals surface area contributed by atoms with Crippen LogP contribution in [0.25, 0.3) is 0 Å². The highest BCUT2D eigenvalue weighted by molar-refractivity contribution is 7.10. The predicted octanol–water partition coefficient (Wildman–Crippen LogP) is 4.24. The summed E-state index contributed by atoms with van der Waals surface area (Å²) in [6.45, 7) is 25.1. The van der Waals surface area contributed by atoms with Gasteiger partial charge < -0.3 is 0 Å². The molecule has 0 atom stereocenters. The Labute approximate surface area is 172 Å². The smallest absolute Gasteiger partial charge is 0.0682 e. The van der Waals surface area contributed by atoms with Crippen LogP contribution in [-0.4, -0.2) is 25.7 Å². The molecular weight excluding hydrogens is 373 g/mol. The van der Waals surface area contributed by atoms with E-state index >= 15 is 0 Å². The second-order valence-electron chi connectivity index (χ2n) is 10.7. The number of benzene rings is 2. The van der Waals surface area contributed by atoms with Crippen molar-refractivity contribution in [1.82, 2.24) is 0 Å². The maximum absolute atomic E-state index is 2.52. The second-order valence-corrected chi connectivity index (χ2v) is 22.2. The Morgan fingerprint density at radius 1 is 0.556 bits per heavy atom. The van der Waals surface area contributed by atoms with Gasteiger partial charge in [0.05, 0.1) is 17.6 Å². The lowest BCUT2D eigenvalue weighted by Crippen LogP contribution is -2.76. The van der Waals surface area contributed by atoms with Gasteiger partial charge in [0.1, 0.15) is 8.07 Å². The molecule has 2 rings (SSSR count). The van der Waals surface area contributed by atoms with Crippen LogP contribution in [0.15, 0.2) is 48.5 Å². The van der Waals surface area contributed by atoms with Crippen LogP contribution in [0.2, 0.25) is 36.3 Å². The van der Waals surface area contributed by atoms with Crippen molar-refractivity contribution in [3.05, 3.63) is 48.5 Å². The van der Waals surface area contributed by atoms with E-state index in [9.17, 15) is 0 Å². The van der Waals surface area contributed by atoms with Crippen LogP contribution in [0.4, 0.5) is 0 Å². The predicted molar refractivity (Wildman–Crippen MR) is 134 cm³/mol. The lowest BCUT2D eigenvalue weighted by molar-refractivity contribution is 0.637. The van der Waals surface area contributed by atoms with Gasteiger partial charge in [-0.05, 0) is 10.1 Å². The van der Waals surface area contributed by atoms with Crippen molar-refractivity contribution in [3.8, 4) is 0 Å². The molecule has 0 heterocycles. The fraction of sp³-hybridized carbons (Fsp3) is 0.500. The zero-order valence-electron chi connectivity index (χ0n) is 19.3. The van der Waals surface area contributed by atoms with Crippen LogP contribution in [0.3, 0.4) is 0 Å². The Morgan fingerprint density at radius 3 is 1.11 bits per heavy atom. The minimum absolute atomic E-state index is 0.240. The molecular formula is C24H40Si3. The van der Waals surface area contributed by atoms with E-state index in [1.807, 2.05) is 0 Å². The molecule has 0 fully saturated rings. The zero-order chi connectivity index (χ0) is 20.6. The molecule has 0 amide bonds. The Kier molecular flexibility index (Phi) is 6.50. The molecule has 2 aromatic rings. The molecule has 148 valence electrons. The van der Waals surface area contributed by atoms with E-state index in [1.165, 1.54) is 0 Å². The monoisotopic (exact) mass is 412 g/mol. The molecule has 2 aromatic carbocycles. The quantitative estimate of drug-likeness (QED) is 0.659. The molecule has 0 aromatic heterocycles. The summed E-state index contributed by atoms with van der Waals surface area (Å²) in [4.78, 5) is 0. The Morgan fingerprint density at radius 2 is 0.852 bits per heavy atom. The summed E-state index contributed by atoms with van der Waals surface area (Å²) < 4.78 is 0. The van der Waals surface area contributed by atoms with Gasteiger partial charge in [-0.1, -0.05) is 137 Å². The van der Waals surface area contributed by atoms with E-state index < -0.39 is 25.7 Å². The third-order valence-corrected chi connectivity index (χ3v) is 17.3. The maximum atomic E-state index is 2.52. The van der Waals surface area contributed by atoms with E-state index in [2.05, 4.69) is 116 Å². The summed E-state index contributed by atoms with van der Waals surface area (Å²) in [5.74, 6) is 0. The van der Waals surface area contributed by atoms with E-state index in [-0.39, 0.29) is 10.1 Å². The van der Waals surface area contributed by atoms with Crippen LogP contribution in [-0.2, 0) is 0 Å². The van der Waals surface area contributed by atoms with Crippen LogP contribution in [0, 0.1) is 0 Å². The first-order valence-electron chi connectivity index (χ1n) is 10.5. The molecule has 0 saturated heterocycles. The van der Waals surface area contributed by atoms with Crippen molar-refractivity contribution in [2.24, 2.45) is 0 Å². The van der Waals surface area contributed by atoms with Gasteiger partial charge in [0, 0.05) is 0 Å². The Bertz CT molecular complexity index is 709. The minimum atomic E-state index is -2.10. The summed E-state index contributed by atoms with van der Waals surface area (Å²) >= 11 is 0. The molecule has 0 bridgehead atoms. The third-order valence-electron chi connectivity index (χ3n) is 6.22. The van der Waals surface area contributed by atoms with E-state index in [1.54, 1.807) is 20.7 Å². The van der Waals surface area contributed by atoms with Gasteiger partial charge in [0.25, 0.3) is 0 Å². The van der Waals surface area contributed by atoms with Crippen molar-refractivity contribution in [3.63, 3.8) is 0 Å². The minimum Gasteiger partial charge on any atom is -0.0682 e. The highest BCUT2D eigenvalue weighted by Gasteiger charge is 2.56. The lowest BCUT2D eigenvalue weighted by atomic mass is 10.2. The normalized spacial score (nSPS) is 13.5. The maximum Gasteiger partial charge on any atom is 0.128 e. The molecule has 0 nitrogen and oxygen atoms in total. The summed E-state index contributed by atoms with van der Waals surface area (Å²) in [5.41, 5.74) is 0. The summed E-state index contributed by atoms with van der Waals surface area (Å²) in [7, 11) is -3.96. The Balaban J connectivity index is 3.09. The number of hydrogen-bond acceptors (Lipinski definition) is 0.